The van der Waals surface area contributed by atoms with Gasteiger partial charge < -0.3 is 0 Å². The Morgan fingerprint density at radius 3 is 2.80 bits per heavy atom. The van der Waals surface area contributed by atoms with Crippen molar-refractivity contribution in [2.75, 3.05) is 7.05 Å². The predicted octanol–water partition coefficient (Wildman–Crippen LogP) is 3.11. The first kappa shape index (κ1) is 10.9. The van der Waals surface area contributed by atoms with E-state index in [1.54, 1.807) is 0 Å². The lowest BCUT2D eigenvalue weighted by Gasteiger charge is -2.23. The lowest BCUT2D eigenvalue weighted by Crippen LogP contribution is -2.28. The summed E-state index contributed by atoms with van der Waals surface area (Å²) in [6, 6.07) is 6.57. The van der Waals surface area contributed by atoms with Gasteiger partial charge in [0.15, 0.2) is 0 Å². The molecule has 0 bridgehead atoms. The molecule has 0 spiro atoms. The lowest BCUT2D eigenvalue weighted by molar-refractivity contribution is 0.235. The fourth-order valence-electron chi connectivity index (χ4n) is 2.27. The molecule has 82 valence electrons. The molecule has 1 aromatic rings. The van der Waals surface area contributed by atoms with Crippen LogP contribution in [-0.4, -0.2) is 23.0 Å². The Morgan fingerprint density at radius 1 is 1.40 bits per heavy atom. The van der Waals surface area contributed by atoms with Crippen molar-refractivity contribution in [2.24, 2.45) is 0 Å². The van der Waals surface area contributed by atoms with Crippen LogP contribution < -0.4 is 0 Å². The largest absolute Gasteiger partial charge is 0.298 e. The fraction of sp³-hybridized carbons (Fsp3) is 0.583. The van der Waals surface area contributed by atoms with Crippen LogP contribution in [0, 0.1) is 0 Å². The molecule has 0 aromatic carbocycles. The van der Waals surface area contributed by atoms with Crippen molar-refractivity contribution in [3.63, 3.8) is 0 Å². The van der Waals surface area contributed by atoms with Crippen LogP contribution >= 0.6 is 11.6 Å². The van der Waals surface area contributed by atoms with Crippen LogP contribution in [0.3, 0.4) is 0 Å². The number of pyridine rings is 1. The minimum atomic E-state index is 0.590. The van der Waals surface area contributed by atoms with Crippen LogP contribution in [0.5, 0.6) is 0 Å². The SMILES string of the molecule is CN(Cc1cccc(Cl)n1)C1CCCC1. The van der Waals surface area contributed by atoms with E-state index in [9.17, 15) is 0 Å². The molecule has 3 heteroatoms. The molecule has 0 saturated heterocycles. The van der Waals surface area contributed by atoms with Gasteiger partial charge in [-0.05, 0) is 32.0 Å². The summed E-state index contributed by atoms with van der Waals surface area (Å²) >= 11 is 5.86. The van der Waals surface area contributed by atoms with Crippen molar-refractivity contribution < 1.29 is 0 Å². The highest BCUT2D eigenvalue weighted by Crippen LogP contribution is 2.23. The summed E-state index contributed by atoms with van der Waals surface area (Å²) in [4.78, 5) is 6.70. The Kier molecular flexibility index (Phi) is 3.60. The van der Waals surface area contributed by atoms with Gasteiger partial charge >= 0.3 is 0 Å². The zero-order valence-electron chi connectivity index (χ0n) is 9.12. The van der Waals surface area contributed by atoms with Gasteiger partial charge in [0.2, 0.25) is 0 Å². The van der Waals surface area contributed by atoms with Crippen molar-refractivity contribution in [2.45, 2.75) is 38.3 Å². The molecule has 2 rings (SSSR count). The normalized spacial score (nSPS) is 17.5. The van der Waals surface area contributed by atoms with Gasteiger partial charge in [-0.25, -0.2) is 4.98 Å². The Balaban J connectivity index is 1.95. The molecule has 2 nitrogen and oxygen atoms in total. The molecule has 0 radical (unpaired) electrons. The van der Waals surface area contributed by atoms with E-state index >= 15 is 0 Å². The van der Waals surface area contributed by atoms with E-state index in [1.807, 2.05) is 18.2 Å². The Labute approximate surface area is 96.3 Å². The molecule has 15 heavy (non-hydrogen) atoms. The molecule has 0 unspecified atom stereocenters. The number of hydrogen-bond donors (Lipinski definition) is 0. The Bertz CT molecular complexity index is 321. The zero-order valence-corrected chi connectivity index (χ0v) is 9.87. The first-order valence-corrected chi connectivity index (χ1v) is 5.95. The molecule has 1 aliphatic rings. The van der Waals surface area contributed by atoms with Crippen molar-refractivity contribution in [3.05, 3.63) is 29.0 Å². The fourth-order valence-corrected chi connectivity index (χ4v) is 2.45. The second-order valence-corrected chi connectivity index (χ2v) is 4.69. The van der Waals surface area contributed by atoms with Gasteiger partial charge in [-0.1, -0.05) is 30.5 Å². The van der Waals surface area contributed by atoms with Crippen molar-refractivity contribution in [1.29, 1.82) is 0 Å². The van der Waals surface area contributed by atoms with E-state index in [0.29, 0.717) is 5.15 Å². The van der Waals surface area contributed by atoms with Gasteiger partial charge in [0.05, 0.1) is 5.69 Å². The molecule has 0 amide bonds. The average molecular weight is 225 g/mol. The van der Waals surface area contributed by atoms with Gasteiger partial charge in [0.1, 0.15) is 5.15 Å². The maximum atomic E-state index is 5.86. The van der Waals surface area contributed by atoms with E-state index in [1.165, 1.54) is 25.7 Å². The first-order chi connectivity index (χ1) is 7.25. The minimum Gasteiger partial charge on any atom is -0.298 e. The van der Waals surface area contributed by atoms with Crippen molar-refractivity contribution in [1.82, 2.24) is 9.88 Å². The number of rotatable bonds is 3. The van der Waals surface area contributed by atoms with Crippen LogP contribution in [-0.2, 0) is 6.54 Å². The van der Waals surface area contributed by atoms with Crippen LogP contribution in [0.25, 0.3) is 0 Å². The second kappa shape index (κ2) is 4.95. The quantitative estimate of drug-likeness (QED) is 0.734. The van der Waals surface area contributed by atoms with E-state index < -0.39 is 0 Å². The molecule has 0 aliphatic heterocycles. The maximum absolute atomic E-state index is 5.86. The molecule has 1 aromatic heterocycles. The summed E-state index contributed by atoms with van der Waals surface area (Å²) in [5.41, 5.74) is 1.07. The van der Waals surface area contributed by atoms with Crippen LogP contribution in [0.4, 0.5) is 0 Å². The summed E-state index contributed by atoms with van der Waals surface area (Å²) in [5.74, 6) is 0. The van der Waals surface area contributed by atoms with E-state index in [2.05, 4.69) is 16.9 Å². The number of halogens is 1. The molecular weight excluding hydrogens is 208 g/mol. The predicted molar refractivity (Wildman–Crippen MR) is 63.0 cm³/mol. The second-order valence-electron chi connectivity index (χ2n) is 4.31. The molecule has 0 atom stereocenters. The topological polar surface area (TPSA) is 16.1 Å². The molecule has 1 heterocycles. The highest BCUT2D eigenvalue weighted by atomic mass is 35.5. The summed E-state index contributed by atoms with van der Waals surface area (Å²) in [6.07, 6.45) is 5.41. The van der Waals surface area contributed by atoms with E-state index in [-0.39, 0.29) is 0 Å². The van der Waals surface area contributed by atoms with Gasteiger partial charge in [-0.2, -0.15) is 0 Å². The number of aromatic nitrogens is 1. The van der Waals surface area contributed by atoms with Gasteiger partial charge in [-0.15, -0.1) is 0 Å². The third-order valence-corrected chi connectivity index (χ3v) is 3.34. The maximum Gasteiger partial charge on any atom is 0.129 e. The molecular formula is C12H17ClN2. The molecule has 0 N–H and O–H groups in total. The number of hydrogen-bond acceptors (Lipinski definition) is 2. The molecule has 1 aliphatic carbocycles. The van der Waals surface area contributed by atoms with Crippen LogP contribution in [0.1, 0.15) is 31.4 Å². The first-order valence-electron chi connectivity index (χ1n) is 5.57. The van der Waals surface area contributed by atoms with Gasteiger partial charge in [-0.3, -0.25) is 4.90 Å². The molecule has 1 fully saturated rings. The van der Waals surface area contributed by atoms with E-state index in [0.717, 1.165) is 18.3 Å². The monoisotopic (exact) mass is 224 g/mol. The smallest absolute Gasteiger partial charge is 0.129 e. The van der Waals surface area contributed by atoms with Crippen molar-refractivity contribution >= 4 is 11.6 Å². The third-order valence-electron chi connectivity index (χ3n) is 3.13. The average Bonchev–Trinajstić information content (AvgIpc) is 2.70. The molecule has 1 saturated carbocycles. The summed E-state index contributed by atoms with van der Waals surface area (Å²) in [7, 11) is 2.18. The van der Waals surface area contributed by atoms with Crippen molar-refractivity contribution in [3.8, 4) is 0 Å². The summed E-state index contributed by atoms with van der Waals surface area (Å²) in [5, 5.41) is 0.590. The summed E-state index contributed by atoms with van der Waals surface area (Å²) < 4.78 is 0. The van der Waals surface area contributed by atoms with E-state index in [4.69, 9.17) is 11.6 Å². The highest BCUT2D eigenvalue weighted by Gasteiger charge is 2.19. The van der Waals surface area contributed by atoms with Crippen LogP contribution in [0.2, 0.25) is 5.15 Å². The standard InChI is InChI=1S/C12H17ClN2/c1-15(11-6-2-3-7-11)9-10-5-4-8-12(13)14-10/h4-5,8,11H,2-3,6-7,9H2,1H3. The highest BCUT2D eigenvalue weighted by molar-refractivity contribution is 6.29. The minimum absolute atomic E-state index is 0.590. The lowest BCUT2D eigenvalue weighted by atomic mass is 10.2. The third kappa shape index (κ3) is 2.93. The van der Waals surface area contributed by atoms with Gasteiger partial charge in [0.25, 0.3) is 0 Å². The number of nitrogens with zero attached hydrogens (tertiary/aromatic N) is 2. The zero-order chi connectivity index (χ0) is 10.7. The Hall–Kier alpha value is -0.600. The summed E-state index contributed by atoms with van der Waals surface area (Å²) in [6.45, 7) is 0.908. The Morgan fingerprint density at radius 2 is 2.13 bits per heavy atom. The van der Waals surface area contributed by atoms with Crippen LogP contribution in [0.15, 0.2) is 18.2 Å². The van der Waals surface area contributed by atoms with Gasteiger partial charge in [0, 0.05) is 12.6 Å².